The van der Waals surface area contributed by atoms with Gasteiger partial charge in [0.15, 0.2) is 0 Å². The molecule has 0 fully saturated rings. The van der Waals surface area contributed by atoms with E-state index in [-0.39, 0.29) is 13.0 Å². The highest BCUT2D eigenvalue weighted by atomic mass is 32.1. The average Bonchev–Trinajstić information content (AvgIpc) is 3.12. The van der Waals surface area contributed by atoms with Gasteiger partial charge < -0.3 is 10.1 Å². The second-order valence-electron chi connectivity index (χ2n) is 7.93. The lowest BCUT2D eigenvalue weighted by molar-refractivity contribution is -0.120. The zero-order chi connectivity index (χ0) is 22.8. The number of carbonyl (C=O) groups excluding carboxylic acids is 4. The van der Waals surface area contributed by atoms with Crippen molar-refractivity contribution >= 4 is 40.0 Å². The number of carbonyl (C=O) groups is 4. The Kier molecular flexibility index (Phi) is 6.41. The predicted octanol–water partition coefficient (Wildman–Crippen LogP) is 4.21. The van der Waals surface area contributed by atoms with Crippen molar-refractivity contribution in [3.05, 3.63) is 51.4 Å². The fourth-order valence-electron chi connectivity index (χ4n) is 4.42. The van der Waals surface area contributed by atoms with Gasteiger partial charge in [0.05, 0.1) is 23.3 Å². The third kappa shape index (κ3) is 3.83. The molecule has 0 saturated carbocycles. The van der Waals surface area contributed by atoms with Crippen LogP contribution in [-0.4, -0.2) is 41.2 Å². The van der Waals surface area contributed by atoms with E-state index >= 15 is 0 Å². The molecule has 1 atom stereocenters. The Bertz CT molecular complexity index is 1060. The van der Waals surface area contributed by atoms with Gasteiger partial charge in [-0.1, -0.05) is 25.5 Å². The van der Waals surface area contributed by atoms with Crippen LogP contribution in [0, 0.1) is 0 Å². The number of amides is 3. The van der Waals surface area contributed by atoms with Crippen LogP contribution >= 0.6 is 11.3 Å². The van der Waals surface area contributed by atoms with Crippen molar-refractivity contribution in [2.45, 2.75) is 58.4 Å². The smallest absolute Gasteiger partial charge is 0.341 e. The third-order valence-electron chi connectivity index (χ3n) is 5.96. The van der Waals surface area contributed by atoms with Crippen LogP contribution in [0.2, 0.25) is 0 Å². The number of fused-ring (bicyclic) bond motifs is 2. The van der Waals surface area contributed by atoms with Crippen LogP contribution in [-0.2, 0) is 22.4 Å². The molecule has 1 aromatic carbocycles. The largest absolute Gasteiger partial charge is 0.462 e. The first kappa shape index (κ1) is 22.2. The summed E-state index contributed by atoms with van der Waals surface area (Å²) >= 11 is 1.40. The van der Waals surface area contributed by atoms with Gasteiger partial charge in [-0.2, -0.15) is 0 Å². The summed E-state index contributed by atoms with van der Waals surface area (Å²) in [6.07, 6.45) is 5.01. The van der Waals surface area contributed by atoms with Crippen LogP contribution in [0.15, 0.2) is 24.3 Å². The van der Waals surface area contributed by atoms with Crippen molar-refractivity contribution in [3.8, 4) is 0 Å². The molecule has 2 heterocycles. The Morgan fingerprint density at radius 2 is 1.72 bits per heavy atom. The number of nitrogens with zero attached hydrogens (tertiary/aromatic N) is 1. The number of hydrogen-bond acceptors (Lipinski definition) is 6. The van der Waals surface area contributed by atoms with E-state index in [0.717, 1.165) is 47.4 Å². The van der Waals surface area contributed by atoms with Gasteiger partial charge >= 0.3 is 5.97 Å². The number of benzene rings is 1. The second-order valence-corrected chi connectivity index (χ2v) is 9.03. The number of nitrogens with one attached hydrogen (secondary N) is 1. The number of ether oxygens (including phenoxy) is 1. The first-order valence-corrected chi connectivity index (χ1v) is 11.9. The van der Waals surface area contributed by atoms with Gasteiger partial charge in [-0.25, -0.2) is 4.79 Å². The lowest BCUT2D eigenvalue weighted by Gasteiger charge is -2.24. The summed E-state index contributed by atoms with van der Waals surface area (Å²) in [6, 6.07) is 5.60. The second kappa shape index (κ2) is 9.24. The van der Waals surface area contributed by atoms with E-state index in [1.54, 1.807) is 38.1 Å². The van der Waals surface area contributed by atoms with Crippen molar-refractivity contribution in [2.75, 3.05) is 11.9 Å². The van der Waals surface area contributed by atoms with Crippen LogP contribution in [0.5, 0.6) is 0 Å². The zero-order valence-electron chi connectivity index (χ0n) is 18.2. The van der Waals surface area contributed by atoms with Crippen LogP contribution < -0.4 is 5.32 Å². The summed E-state index contributed by atoms with van der Waals surface area (Å²) in [7, 11) is 0. The van der Waals surface area contributed by atoms with E-state index in [2.05, 4.69) is 5.32 Å². The summed E-state index contributed by atoms with van der Waals surface area (Å²) in [5.74, 6) is -1.87. The highest BCUT2D eigenvalue weighted by Gasteiger charge is 2.42. The summed E-state index contributed by atoms with van der Waals surface area (Å²) in [5, 5.41) is 3.30. The number of thiophene rings is 1. The van der Waals surface area contributed by atoms with E-state index in [4.69, 9.17) is 4.74 Å². The van der Waals surface area contributed by atoms with E-state index in [1.807, 2.05) is 0 Å². The average molecular weight is 455 g/mol. The Morgan fingerprint density at radius 3 is 2.34 bits per heavy atom. The quantitative estimate of drug-likeness (QED) is 0.401. The number of rotatable bonds is 6. The molecule has 1 aromatic heterocycles. The van der Waals surface area contributed by atoms with Gasteiger partial charge in [0.25, 0.3) is 11.8 Å². The Labute approximate surface area is 190 Å². The molecular formula is C24H26N2O5S. The fraction of sp³-hybridized carbons (Fsp3) is 0.417. The minimum absolute atomic E-state index is 0.240. The van der Waals surface area contributed by atoms with E-state index in [9.17, 15) is 19.2 Å². The molecule has 0 bridgehead atoms. The van der Waals surface area contributed by atoms with Crippen LogP contribution in [0.4, 0.5) is 5.00 Å². The van der Waals surface area contributed by atoms with Crippen LogP contribution in [0.1, 0.15) is 81.0 Å². The highest BCUT2D eigenvalue weighted by molar-refractivity contribution is 7.17. The van der Waals surface area contributed by atoms with Gasteiger partial charge in [-0.05, 0) is 56.7 Å². The number of esters is 1. The molecule has 0 unspecified atom stereocenters. The van der Waals surface area contributed by atoms with Crippen molar-refractivity contribution in [3.63, 3.8) is 0 Å². The molecule has 8 heteroatoms. The third-order valence-corrected chi connectivity index (χ3v) is 7.17. The lowest BCUT2D eigenvalue weighted by Crippen LogP contribution is -2.46. The fourth-order valence-corrected chi connectivity index (χ4v) is 5.70. The maximum Gasteiger partial charge on any atom is 0.341 e. The normalized spacial score (nSPS) is 16.2. The molecule has 7 nitrogen and oxygen atoms in total. The molecular weight excluding hydrogens is 428 g/mol. The molecule has 0 saturated heterocycles. The van der Waals surface area contributed by atoms with E-state index in [0.29, 0.717) is 21.7 Å². The summed E-state index contributed by atoms with van der Waals surface area (Å²) in [5.41, 5.74) is 1.98. The zero-order valence-corrected chi connectivity index (χ0v) is 19.0. The SMILES string of the molecule is CCOC(=O)c1c(NC(=O)[C@H](CC)N2C(=O)c3ccccc3C2=O)sc2c1CCCCC2. The molecule has 2 aliphatic rings. The standard InChI is InChI=1S/C24H26N2O5S/c1-3-17(26-22(28)14-10-8-9-11-15(14)23(26)29)20(27)25-21-19(24(30)31-4-2)16-12-6-5-7-13-18(16)32-21/h8-11,17H,3-7,12-13H2,1-2H3,(H,25,27)/t17-/m0/s1. The Hall–Kier alpha value is -3.00. The lowest BCUT2D eigenvalue weighted by atomic mass is 10.1. The van der Waals surface area contributed by atoms with Gasteiger partial charge in [0.2, 0.25) is 5.91 Å². The maximum atomic E-state index is 13.3. The summed E-state index contributed by atoms with van der Waals surface area (Å²) in [6.45, 7) is 3.74. The van der Waals surface area contributed by atoms with Gasteiger partial charge in [0, 0.05) is 4.88 Å². The Morgan fingerprint density at radius 1 is 1.06 bits per heavy atom. The predicted molar refractivity (Wildman–Crippen MR) is 121 cm³/mol. The molecule has 2 aromatic rings. The minimum atomic E-state index is -0.973. The molecule has 32 heavy (non-hydrogen) atoms. The summed E-state index contributed by atoms with van der Waals surface area (Å²) in [4.78, 5) is 53.9. The van der Waals surface area contributed by atoms with Crippen molar-refractivity contribution in [2.24, 2.45) is 0 Å². The first-order valence-electron chi connectivity index (χ1n) is 11.1. The molecule has 0 spiro atoms. The molecule has 168 valence electrons. The molecule has 4 rings (SSSR count). The molecule has 1 N–H and O–H groups in total. The number of hydrogen-bond donors (Lipinski definition) is 1. The minimum Gasteiger partial charge on any atom is -0.462 e. The molecule has 0 radical (unpaired) electrons. The van der Waals surface area contributed by atoms with E-state index < -0.39 is 29.7 Å². The number of imide groups is 1. The first-order chi connectivity index (χ1) is 15.5. The van der Waals surface area contributed by atoms with Gasteiger partial charge in [-0.3, -0.25) is 19.3 Å². The van der Waals surface area contributed by atoms with Crippen molar-refractivity contribution < 1.29 is 23.9 Å². The van der Waals surface area contributed by atoms with E-state index in [1.165, 1.54) is 11.3 Å². The summed E-state index contributed by atoms with van der Waals surface area (Å²) < 4.78 is 5.28. The maximum absolute atomic E-state index is 13.3. The number of anilines is 1. The molecule has 1 aliphatic carbocycles. The van der Waals surface area contributed by atoms with Gasteiger partial charge in [-0.15, -0.1) is 11.3 Å². The molecule has 1 aliphatic heterocycles. The topological polar surface area (TPSA) is 92.8 Å². The van der Waals surface area contributed by atoms with Crippen LogP contribution in [0.3, 0.4) is 0 Å². The van der Waals surface area contributed by atoms with Crippen molar-refractivity contribution in [1.82, 2.24) is 4.90 Å². The monoisotopic (exact) mass is 454 g/mol. The highest BCUT2D eigenvalue weighted by Crippen LogP contribution is 2.38. The van der Waals surface area contributed by atoms with Crippen molar-refractivity contribution in [1.29, 1.82) is 0 Å². The number of aryl methyl sites for hydroxylation is 1. The van der Waals surface area contributed by atoms with Gasteiger partial charge in [0.1, 0.15) is 11.0 Å². The van der Waals surface area contributed by atoms with Crippen LogP contribution in [0.25, 0.3) is 0 Å². The molecule has 3 amide bonds. The Balaban J connectivity index is 1.64.